The molecular weight excluding hydrogens is 216 g/mol. The van der Waals surface area contributed by atoms with Crippen molar-refractivity contribution in [3.05, 3.63) is 0 Å². The summed E-state index contributed by atoms with van der Waals surface area (Å²) in [5.41, 5.74) is 0. The largest absolute Gasteiger partial charge is 2.00 e. The van der Waals surface area contributed by atoms with E-state index in [0.29, 0.717) is 0 Å². The number of carbonyl (C=O) groups is 2. The number of hydrogen-bond donors (Lipinski definition) is 2. The average Bonchev–Trinajstić information content (AvgIpc) is 1.84. The second kappa shape index (κ2) is 10.1. The molecule has 0 aromatic heterocycles. The minimum Gasteiger partial charge on any atom is -0.547 e. The Kier molecular flexibility index (Phi) is 18.0. The first kappa shape index (κ1) is 23.1. The topological polar surface area (TPSA) is 184 Å². The smallest absolute Gasteiger partial charge is 0.547 e. The number of aliphatic hydroxyl groups is 2. The van der Waals surface area contributed by atoms with Gasteiger partial charge in [0.2, 0.25) is 0 Å². The van der Waals surface area contributed by atoms with Crippen LogP contribution in [0.2, 0.25) is 0 Å². The van der Waals surface area contributed by atoms with Crippen molar-refractivity contribution in [3.8, 4) is 0 Å². The van der Waals surface area contributed by atoms with E-state index in [4.69, 9.17) is 10.2 Å². The second-order valence-corrected chi connectivity index (χ2v) is 1.53. The quantitative estimate of drug-likeness (QED) is 0.448. The van der Waals surface area contributed by atoms with E-state index in [-0.39, 0.29) is 48.7 Å². The Morgan fingerprint density at radius 2 is 1.08 bits per heavy atom. The third kappa shape index (κ3) is 8.37. The molecule has 2 atom stereocenters. The van der Waals surface area contributed by atoms with E-state index >= 15 is 0 Å². The molecule has 0 saturated carbocycles. The number of carboxylic acids is 2. The molecule has 0 heterocycles. The van der Waals surface area contributed by atoms with Crippen LogP contribution in [0.3, 0.4) is 0 Å². The van der Waals surface area contributed by atoms with E-state index in [1.807, 2.05) is 0 Å². The van der Waals surface area contributed by atoms with Crippen molar-refractivity contribution in [2.45, 2.75) is 12.2 Å². The first-order valence-corrected chi connectivity index (χ1v) is 2.24. The Hall–Kier alpha value is 0.0397. The number of aliphatic hydroxyl groups excluding tert-OH is 2. The normalized spacial score (nSPS) is 12.2. The molecule has 74 valence electrons. The average molecular weight is 224 g/mol. The Balaban J connectivity index is -0.000000135. The van der Waals surface area contributed by atoms with Crippen LogP contribution >= 0.6 is 0 Å². The molecule has 0 aromatic carbocycles. The SMILES string of the molecule is O.O.O=C([O-])[C@@H](O)[C@@H](O)C(=O)[O-].[Ca+2]. The molecule has 0 aromatic rings. The fourth-order valence-corrected chi connectivity index (χ4v) is 0.258. The van der Waals surface area contributed by atoms with E-state index in [0.717, 1.165) is 0 Å². The van der Waals surface area contributed by atoms with Crippen molar-refractivity contribution in [1.82, 2.24) is 0 Å². The number of rotatable bonds is 3. The molecule has 0 aliphatic heterocycles. The third-order valence-electron chi connectivity index (χ3n) is 0.782. The maximum absolute atomic E-state index is 9.63. The van der Waals surface area contributed by atoms with Gasteiger partial charge in [-0.1, -0.05) is 0 Å². The van der Waals surface area contributed by atoms with Crippen LogP contribution in [0.15, 0.2) is 0 Å². The molecule has 6 N–H and O–H groups in total. The molecule has 13 heavy (non-hydrogen) atoms. The van der Waals surface area contributed by atoms with Crippen LogP contribution in [-0.4, -0.2) is 83.1 Å². The molecule has 0 rings (SSSR count). The van der Waals surface area contributed by atoms with Gasteiger partial charge in [-0.25, -0.2) is 0 Å². The van der Waals surface area contributed by atoms with Crippen molar-refractivity contribution >= 4 is 49.7 Å². The second-order valence-electron chi connectivity index (χ2n) is 1.53. The summed E-state index contributed by atoms with van der Waals surface area (Å²) in [6, 6.07) is 0. The molecule has 0 amide bonds. The van der Waals surface area contributed by atoms with E-state index in [2.05, 4.69) is 0 Å². The van der Waals surface area contributed by atoms with Gasteiger partial charge in [-0.05, 0) is 0 Å². The maximum Gasteiger partial charge on any atom is 2.00 e. The van der Waals surface area contributed by atoms with E-state index in [9.17, 15) is 19.8 Å². The summed E-state index contributed by atoms with van der Waals surface area (Å²) in [6.45, 7) is 0. The summed E-state index contributed by atoms with van der Waals surface area (Å²) in [6.07, 6.45) is -4.88. The number of hydrogen-bond acceptors (Lipinski definition) is 6. The zero-order valence-electron chi connectivity index (χ0n) is 6.39. The van der Waals surface area contributed by atoms with Crippen LogP contribution in [0.4, 0.5) is 0 Å². The molecule has 0 aliphatic carbocycles. The van der Waals surface area contributed by atoms with Gasteiger partial charge in [0.1, 0.15) is 12.2 Å². The Bertz CT molecular complexity index is 140. The first-order valence-electron chi connectivity index (χ1n) is 2.24. The minimum atomic E-state index is -2.44. The first-order chi connectivity index (χ1) is 4.46. The molecule has 0 fully saturated rings. The van der Waals surface area contributed by atoms with Crippen molar-refractivity contribution in [2.75, 3.05) is 0 Å². The summed E-state index contributed by atoms with van der Waals surface area (Å²) in [5.74, 6) is -4.12. The fourth-order valence-electron chi connectivity index (χ4n) is 0.258. The fraction of sp³-hybridized carbons (Fsp3) is 0.500. The predicted molar refractivity (Wildman–Crippen MR) is 35.0 cm³/mol. The Labute approximate surface area is 102 Å². The van der Waals surface area contributed by atoms with Gasteiger partial charge in [0, 0.05) is 0 Å². The summed E-state index contributed by atoms with van der Waals surface area (Å²) >= 11 is 0. The van der Waals surface area contributed by atoms with Gasteiger partial charge >= 0.3 is 37.7 Å². The molecule has 0 unspecified atom stereocenters. The number of aliphatic carboxylic acids is 2. The zero-order valence-corrected chi connectivity index (χ0v) is 8.60. The van der Waals surface area contributed by atoms with Gasteiger partial charge in [0.05, 0.1) is 11.9 Å². The molecule has 8 nitrogen and oxygen atoms in total. The molecule has 0 saturated heterocycles. The van der Waals surface area contributed by atoms with Crippen molar-refractivity contribution in [3.63, 3.8) is 0 Å². The van der Waals surface area contributed by atoms with Gasteiger partial charge in [0.25, 0.3) is 0 Å². The van der Waals surface area contributed by atoms with Gasteiger partial charge in [-0.3, -0.25) is 0 Å². The number of carbonyl (C=O) groups excluding carboxylic acids is 2. The Morgan fingerprint density at radius 1 is 0.923 bits per heavy atom. The molecule has 0 bridgehead atoms. The van der Waals surface area contributed by atoms with Gasteiger partial charge < -0.3 is 41.0 Å². The summed E-state index contributed by atoms with van der Waals surface area (Å²) in [5, 5.41) is 35.7. The molecular formula is C4H8CaO8. The third-order valence-corrected chi connectivity index (χ3v) is 0.782. The summed E-state index contributed by atoms with van der Waals surface area (Å²) in [7, 11) is 0. The van der Waals surface area contributed by atoms with E-state index < -0.39 is 24.1 Å². The van der Waals surface area contributed by atoms with Crippen LogP contribution < -0.4 is 10.2 Å². The van der Waals surface area contributed by atoms with Crippen LogP contribution in [0.1, 0.15) is 0 Å². The Morgan fingerprint density at radius 3 is 1.15 bits per heavy atom. The van der Waals surface area contributed by atoms with Gasteiger partial charge in [0.15, 0.2) is 0 Å². The predicted octanol–water partition coefficient (Wildman–Crippen LogP) is -6.82. The van der Waals surface area contributed by atoms with Crippen LogP contribution in [0, 0.1) is 0 Å². The van der Waals surface area contributed by atoms with Crippen LogP contribution in [-0.2, 0) is 9.59 Å². The van der Waals surface area contributed by atoms with E-state index in [1.54, 1.807) is 0 Å². The standard InChI is InChI=1S/C4H6O6.Ca.2H2O/c5-1(3(7)8)2(6)4(9)10;;;/h1-2,5-6H,(H,7,8)(H,9,10);;2*1H2/q;+2;;/p-2/t1-,2+;;;. The number of carboxylic acid groups (broad SMARTS) is 2. The molecule has 0 spiro atoms. The van der Waals surface area contributed by atoms with Crippen molar-refractivity contribution in [1.29, 1.82) is 0 Å². The van der Waals surface area contributed by atoms with Gasteiger partial charge in [-0.2, -0.15) is 0 Å². The van der Waals surface area contributed by atoms with Crippen LogP contribution in [0.5, 0.6) is 0 Å². The zero-order chi connectivity index (χ0) is 8.31. The molecule has 9 heteroatoms. The maximum atomic E-state index is 9.63. The summed E-state index contributed by atoms with van der Waals surface area (Å²) < 4.78 is 0. The summed E-state index contributed by atoms with van der Waals surface area (Å²) in [4.78, 5) is 19.3. The van der Waals surface area contributed by atoms with Crippen molar-refractivity contribution in [2.24, 2.45) is 0 Å². The van der Waals surface area contributed by atoms with Crippen LogP contribution in [0.25, 0.3) is 0 Å². The van der Waals surface area contributed by atoms with Gasteiger partial charge in [-0.15, -0.1) is 0 Å². The monoisotopic (exact) mass is 224 g/mol. The van der Waals surface area contributed by atoms with Crippen molar-refractivity contribution < 1.29 is 41.0 Å². The molecule has 0 radical (unpaired) electrons. The minimum absolute atomic E-state index is 0. The van der Waals surface area contributed by atoms with E-state index in [1.165, 1.54) is 0 Å². The molecule has 0 aliphatic rings.